The molecular weight excluding hydrogens is 440 g/mol. The third kappa shape index (κ3) is 5.86. The summed E-state index contributed by atoms with van der Waals surface area (Å²) in [5.74, 6) is 0.149. The lowest BCUT2D eigenvalue weighted by atomic mass is 10.2. The fraction of sp³-hybridized carbons (Fsp3) is 0.450. The van der Waals surface area contributed by atoms with E-state index in [4.69, 9.17) is 0 Å². The van der Waals surface area contributed by atoms with Gasteiger partial charge in [0.15, 0.2) is 0 Å². The predicted octanol–water partition coefficient (Wildman–Crippen LogP) is 2.79. The lowest BCUT2D eigenvalue weighted by Gasteiger charge is -2.21. The highest BCUT2D eigenvalue weighted by molar-refractivity contribution is 9.10. The number of carbonyl (C=O) groups is 2. The fourth-order valence-electron chi connectivity index (χ4n) is 3.24. The van der Waals surface area contributed by atoms with Crippen LogP contribution in [0.4, 0.5) is 0 Å². The largest absolute Gasteiger partial charge is 0.355 e. The van der Waals surface area contributed by atoms with Crippen molar-refractivity contribution < 1.29 is 9.59 Å². The molecule has 0 atom stereocenters. The van der Waals surface area contributed by atoms with Crippen molar-refractivity contribution in [2.24, 2.45) is 0 Å². The van der Waals surface area contributed by atoms with Crippen LogP contribution >= 0.6 is 27.3 Å². The number of nitrogens with one attached hydrogen (secondary N) is 1. The highest BCUT2D eigenvalue weighted by atomic mass is 79.9. The normalized spacial score (nSPS) is 15.3. The maximum Gasteiger partial charge on any atom is 0.234 e. The second-order valence-corrected chi connectivity index (χ2v) is 8.57. The van der Waals surface area contributed by atoms with E-state index in [0.717, 1.165) is 46.8 Å². The zero-order chi connectivity index (χ0) is 19.9. The molecule has 0 radical (unpaired) electrons. The van der Waals surface area contributed by atoms with Gasteiger partial charge >= 0.3 is 0 Å². The summed E-state index contributed by atoms with van der Waals surface area (Å²) in [7, 11) is 0. The van der Waals surface area contributed by atoms with Crippen LogP contribution in [0, 0.1) is 0 Å². The number of aromatic nitrogens is 1. The van der Waals surface area contributed by atoms with Gasteiger partial charge in [-0.05, 0) is 25.5 Å². The van der Waals surface area contributed by atoms with E-state index in [-0.39, 0.29) is 11.8 Å². The van der Waals surface area contributed by atoms with Crippen LogP contribution in [0.25, 0.3) is 10.6 Å². The molecule has 150 valence electrons. The number of rotatable bonds is 6. The first-order valence-corrected chi connectivity index (χ1v) is 11.2. The molecular formula is C20H25BrN4O2S. The van der Waals surface area contributed by atoms with Crippen molar-refractivity contribution >= 4 is 39.1 Å². The molecule has 2 amide bonds. The summed E-state index contributed by atoms with van der Waals surface area (Å²) in [6.07, 6.45) is 1.20. The molecule has 6 nitrogen and oxygen atoms in total. The Morgan fingerprint density at radius 3 is 2.89 bits per heavy atom. The van der Waals surface area contributed by atoms with Crippen LogP contribution in [-0.4, -0.2) is 65.9 Å². The molecule has 1 N–H and O–H groups in total. The summed E-state index contributed by atoms with van der Waals surface area (Å²) in [4.78, 5) is 33.2. The fourth-order valence-corrected chi connectivity index (χ4v) is 4.46. The first-order valence-electron chi connectivity index (χ1n) is 9.52. The molecule has 0 bridgehead atoms. The Hall–Kier alpha value is -1.77. The van der Waals surface area contributed by atoms with Crippen molar-refractivity contribution in [1.82, 2.24) is 20.1 Å². The SMILES string of the molecule is CCNC(=O)CN1CCCN(C(=O)Cc2csc(-c3cccc(Br)c3)n2)CC1. The van der Waals surface area contributed by atoms with Gasteiger partial charge in [-0.2, -0.15) is 0 Å². The standard InChI is InChI=1S/C20H25BrN4O2S/c1-2-22-18(26)13-24-7-4-8-25(10-9-24)19(27)12-17-14-28-20(23-17)15-5-3-6-16(21)11-15/h3,5-6,11,14H,2,4,7-10,12-13H2,1H3,(H,22,26). The van der Waals surface area contributed by atoms with Gasteiger partial charge in [0, 0.05) is 48.1 Å². The number of benzene rings is 1. The van der Waals surface area contributed by atoms with Crippen molar-refractivity contribution in [3.8, 4) is 10.6 Å². The van der Waals surface area contributed by atoms with E-state index in [0.29, 0.717) is 26.1 Å². The van der Waals surface area contributed by atoms with Crippen molar-refractivity contribution in [2.45, 2.75) is 19.8 Å². The Morgan fingerprint density at radius 2 is 2.11 bits per heavy atom. The Kier molecular flexibility index (Phi) is 7.58. The zero-order valence-corrected chi connectivity index (χ0v) is 18.4. The van der Waals surface area contributed by atoms with Crippen LogP contribution in [0.1, 0.15) is 19.0 Å². The van der Waals surface area contributed by atoms with Crippen LogP contribution in [0.3, 0.4) is 0 Å². The van der Waals surface area contributed by atoms with E-state index in [1.54, 1.807) is 11.3 Å². The number of likely N-dealkylation sites (N-methyl/N-ethyl adjacent to an activating group) is 1. The van der Waals surface area contributed by atoms with Gasteiger partial charge in [-0.1, -0.05) is 28.1 Å². The molecule has 1 aromatic heterocycles. The molecule has 1 aromatic carbocycles. The third-order valence-corrected chi connectivity index (χ3v) is 6.07. The molecule has 1 saturated heterocycles. The summed E-state index contributed by atoms with van der Waals surface area (Å²) in [6.45, 7) is 5.91. The van der Waals surface area contributed by atoms with E-state index in [2.05, 4.69) is 31.1 Å². The van der Waals surface area contributed by atoms with E-state index >= 15 is 0 Å². The summed E-state index contributed by atoms with van der Waals surface area (Å²) >= 11 is 5.04. The zero-order valence-electron chi connectivity index (χ0n) is 16.0. The van der Waals surface area contributed by atoms with Gasteiger partial charge in [-0.15, -0.1) is 11.3 Å². The Labute approximate surface area is 178 Å². The average molecular weight is 465 g/mol. The number of nitrogens with zero attached hydrogens (tertiary/aromatic N) is 3. The van der Waals surface area contributed by atoms with Gasteiger partial charge in [0.05, 0.1) is 18.7 Å². The van der Waals surface area contributed by atoms with E-state index in [9.17, 15) is 9.59 Å². The number of amides is 2. The molecule has 28 heavy (non-hydrogen) atoms. The van der Waals surface area contributed by atoms with Gasteiger partial charge in [-0.25, -0.2) is 4.98 Å². The van der Waals surface area contributed by atoms with Gasteiger partial charge < -0.3 is 10.2 Å². The Morgan fingerprint density at radius 1 is 1.25 bits per heavy atom. The number of carbonyl (C=O) groups excluding carboxylic acids is 2. The van der Waals surface area contributed by atoms with Gasteiger partial charge in [0.25, 0.3) is 0 Å². The number of thiazole rings is 1. The van der Waals surface area contributed by atoms with Crippen LogP contribution in [0.2, 0.25) is 0 Å². The van der Waals surface area contributed by atoms with Crippen LogP contribution in [0.15, 0.2) is 34.1 Å². The second kappa shape index (κ2) is 10.1. The van der Waals surface area contributed by atoms with Crippen LogP contribution in [0.5, 0.6) is 0 Å². The smallest absolute Gasteiger partial charge is 0.234 e. The molecule has 0 aliphatic carbocycles. The Balaban J connectivity index is 1.54. The van der Waals surface area contributed by atoms with E-state index in [1.165, 1.54) is 0 Å². The maximum absolute atomic E-state index is 12.7. The van der Waals surface area contributed by atoms with Crippen molar-refractivity contribution in [2.75, 3.05) is 39.3 Å². The lowest BCUT2D eigenvalue weighted by Crippen LogP contribution is -2.40. The Bertz CT molecular complexity index is 826. The monoisotopic (exact) mass is 464 g/mol. The molecule has 0 unspecified atom stereocenters. The number of hydrogen-bond donors (Lipinski definition) is 1. The molecule has 0 saturated carbocycles. The second-order valence-electron chi connectivity index (χ2n) is 6.80. The minimum atomic E-state index is 0.0461. The minimum Gasteiger partial charge on any atom is -0.355 e. The third-order valence-electron chi connectivity index (χ3n) is 4.64. The first kappa shape index (κ1) is 21.0. The molecule has 8 heteroatoms. The van der Waals surface area contributed by atoms with Gasteiger partial charge in [0.2, 0.25) is 11.8 Å². The molecule has 2 heterocycles. The molecule has 2 aromatic rings. The first-order chi connectivity index (χ1) is 13.5. The summed E-state index contributed by atoms with van der Waals surface area (Å²) in [5, 5.41) is 5.72. The van der Waals surface area contributed by atoms with Crippen molar-refractivity contribution in [3.63, 3.8) is 0 Å². The lowest BCUT2D eigenvalue weighted by molar-refractivity contribution is -0.130. The van der Waals surface area contributed by atoms with E-state index < -0.39 is 0 Å². The quantitative estimate of drug-likeness (QED) is 0.713. The number of halogens is 1. The molecule has 0 spiro atoms. The summed E-state index contributed by atoms with van der Waals surface area (Å²) in [5.41, 5.74) is 1.86. The molecule has 1 aliphatic heterocycles. The van der Waals surface area contributed by atoms with Gasteiger partial charge in [-0.3, -0.25) is 14.5 Å². The predicted molar refractivity (Wildman–Crippen MR) is 115 cm³/mol. The van der Waals surface area contributed by atoms with Crippen molar-refractivity contribution in [1.29, 1.82) is 0 Å². The van der Waals surface area contributed by atoms with Crippen molar-refractivity contribution in [3.05, 3.63) is 39.8 Å². The highest BCUT2D eigenvalue weighted by Crippen LogP contribution is 2.26. The average Bonchev–Trinajstić information content (AvgIpc) is 3.00. The molecule has 1 aliphatic rings. The van der Waals surface area contributed by atoms with Gasteiger partial charge in [0.1, 0.15) is 5.01 Å². The highest BCUT2D eigenvalue weighted by Gasteiger charge is 2.21. The molecule has 1 fully saturated rings. The summed E-state index contributed by atoms with van der Waals surface area (Å²) in [6, 6.07) is 8.02. The molecule has 3 rings (SSSR count). The number of hydrogen-bond acceptors (Lipinski definition) is 5. The topological polar surface area (TPSA) is 65.5 Å². The maximum atomic E-state index is 12.7. The van der Waals surface area contributed by atoms with Crippen LogP contribution < -0.4 is 5.32 Å². The van der Waals surface area contributed by atoms with Crippen LogP contribution in [-0.2, 0) is 16.0 Å². The minimum absolute atomic E-state index is 0.0461. The summed E-state index contributed by atoms with van der Waals surface area (Å²) < 4.78 is 1.01. The van der Waals surface area contributed by atoms with E-state index in [1.807, 2.05) is 41.5 Å².